The Labute approximate surface area is 227 Å². The number of hydrogen-bond donors (Lipinski definition) is 2. The lowest BCUT2D eigenvalue weighted by molar-refractivity contribution is -0.134. The number of benzene rings is 2. The van der Waals surface area contributed by atoms with Crippen LogP contribution in [0.25, 0.3) is 17.4 Å². The zero-order valence-corrected chi connectivity index (χ0v) is 22.3. The lowest BCUT2D eigenvalue weighted by Gasteiger charge is -2.37. The van der Waals surface area contributed by atoms with Gasteiger partial charge in [0.1, 0.15) is 11.5 Å². The molecule has 37 heavy (non-hydrogen) atoms. The number of carbonyl (C=O) groups excluding carboxylic acids is 2. The summed E-state index contributed by atoms with van der Waals surface area (Å²) in [5, 5.41) is 6.65. The van der Waals surface area contributed by atoms with E-state index in [2.05, 4.69) is 15.5 Å². The summed E-state index contributed by atoms with van der Waals surface area (Å²) < 4.78 is 5.79. The standard InChI is InChI=1S/C28H29ClN4O3S/c1-19(2)27(35)33-17-15-32(16-18-33)24-6-4-3-5-23(24)30-28(37)31-26(34)14-12-22-11-13-25(36-22)20-7-9-21(29)10-8-20/h3-14,19H,15-18H2,1-2H3,(H2,30,31,34,37). The van der Waals surface area contributed by atoms with Crippen molar-refractivity contribution >= 4 is 58.2 Å². The Kier molecular flexibility index (Phi) is 8.63. The highest BCUT2D eigenvalue weighted by molar-refractivity contribution is 7.80. The fourth-order valence-electron chi connectivity index (χ4n) is 4.06. The van der Waals surface area contributed by atoms with Crippen LogP contribution in [0.2, 0.25) is 5.02 Å². The van der Waals surface area contributed by atoms with E-state index in [0.717, 1.165) is 30.0 Å². The van der Waals surface area contributed by atoms with Crippen LogP contribution in [-0.4, -0.2) is 48.0 Å². The fraction of sp³-hybridized carbons (Fsp3) is 0.250. The molecule has 1 aromatic heterocycles. The number of halogens is 1. The maximum atomic E-state index is 12.4. The average Bonchev–Trinajstić information content (AvgIpc) is 3.37. The van der Waals surface area contributed by atoms with Crippen LogP contribution >= 0.6 is 23.8 Å². The number of nitrogens with one attached hydrogen (secondary N) is 2. The second kappa shape index (κ2) is 12.1. The van der Waals surface area contributed by atoms with Gasteiger partial charge in [-0.3, -0.25) is 14.9 Å². The van der Waals surface area contributed by atoms with Crippen molar-refractivity contribution in [1.82, 2.24) is 10.2 Å². The van der Waals surface area contributed by atoms with Gasteiger partial charge in [0.2, 0.25) is 11.8 Å². The van der Waals surface area contributed by atoms with Crippen molar-refractivity contribution in [3.05, 3.63) is 77.5 Å². The molecule has 0 saturated carbocycles. The number of nitrogens with zero attached hydrogens (tertiary/aromatic N) is 2. The summed E-state index contributed by atoms with van der Waals surface area (Å²) in [5.74, 6) is 1.02. The number of anilines is 2. The molecular formula is C28H29ClN4O3S. The molecule has 2 heterocycles. The van der Waals surface area contributed by atoms with Crippen LogP contribution in [0.5, 0.6) is 0 Å². The molecule has 1 saturated heterocycles. The summed E-state index contributed by atoms with van der Waals surface area (Å²) >= 11 is 11.3. The maximum Gasteiger partial charge on any atom is 0.250 e. The molecule has 0 radical (unpaired) electrons. The largest absolute Gasteiger partial charge is 0.457 e. The SMILES string of the molecule is CC(C)C(=O)N1CCN(c2ccccc2NC(=S)NC(=O)C=Cc2ccc(-c3ccc(Cl)cc3)o2)CC1. The molecule has 3 aromatic rings. The molecule has 0 spiro atoms. The second-order valence-corrected chi connectivity index (χ2v) is 9.81. The molecule has 0 atom stereocenters. The molecule has 0 bridgehead atoms. The molecule has 2 amide bonds. The van der Waals surface area contributed by atoms with Crippen molar-refractivity contribution in [3.63, 3.8) is 0 Å². The van der Waals surface area contributed by atoms with Crippen LogP contribution < -0.4 is 15.5 Å². The Morgan fingerprint density at radius 3 is 2.41 bits per heavy atom. The van der Waals surface area contributed by atoms with Crippen LogP contribution in [0.4, 0.5) is 11.4 Å². The Morgan fingerprint density at radius 1 is 1.00 bits per heavy atom. The van der Waals surface area contributed by atoms with E-state index in [-0.39, 0.29) is 22.8 Å². The van der Waals surface area contributed by atoms with Gasteiger partial charge in [-0.2, -0.15) is 0 Å². The average molecular weight is 537 g/mol. The van der Waals surface area contributed by atoms with Crippen molar-refractivity contribution < 1.29 is 14.0 Å². The predicted octanol–water partition coefficient (Wildman–Crippen LogP) is 5.43. The molecule has 1 aliphatic heterocycles. The van der Waals surface area contributed by atoms with E-state index in [9.17, 15) is 9.59 Å². The number of thiocarbonyl (C=S) groups is 1. The zero-order chi connectivity index (χ0) is 26.4. The number of hydrogen-bond acceptors (Lipinski definition) is 5. The molecule has 2 aromatic carbocycles. The van der Waals surface area contributed by atoms with E-state index in [0.29, 0.717) is 29.6 Å². The minimum absolute atomic E-state index is 0.00569. The Balaban J connectivity index is 1.32. The normalized spacial score (nSPS) is 13.7. The van der Waals surface area contributed by atoms with Gasteiger partial charge in [-0.15, -0.1) is 0 Å². The van der Waals surface area contributed by atoms with Crippen molar-refractivity contribution in [2.45, 2.75) is 13.8 Å². The van der Waals surface area contributed by atoms with E-state index < -0.39 is 0 Å². The first-order valence-electron chi connectivity index (χ1n) is 12.1. The van der Waals surface area contributed by atoms with Gasteiger partial charge in [-0.1, -0.05) is 37.6 Å². The lowest BCUT2D eigenvalue weighted by Crippen LogP contribution is -2.50. The van der Waals surface area contributed by atoms with Gasteiger partial charge in [0.15, 0.2) is 5.11 Å². The van der Waals surface area contributed by atoms with Crippen LogP contribution in [0, 0.1) is 5.92 Å². The topological polar surface area (TPSA) is 77.8 Å². The number of piperazine rings is 1. The van der Waals surface area contributed by atoms with Crippen molar-refractivity contribution in [1.29, 1.82) is 0 Å². The monoisotopic (exact) mass is 536 g/mol. The zero-order valence-electron chi connectivity index (χ0n) is 20.7. The molecule has 192 valence electrons. The molecule has 0 aliphatic carbocycles. The van der Waals surface area contributed by atoms with Gasteiger partial charge in [-0.25, -0.2) is 0 Å². The highest BCUT2D eigenvalue weighted by Gasteiger charge is 2.24. The van der Waals surface area contributed by atoms with Crippen molar-refractivity contribution in [3.8, 4) is 11.3 Å². The third-order valence-corrected chi connectivity index (χ3v) is 6.43. The summed E-state index contributed by atoms with van der Waals surface area (Å²) in [4.78, 5) is 28.9. The smallest absolute Gasteiger partial charge is 0.250 e. The van der Waals surface area contributed by atoms with Gasteiger partial charge in [0.05, 0.1) is 11.4 Å². The van der Waals surface area contributed by atoms with Crippen molar-refractivity contribution in [2.75, 3.05) is 36.4 Å². The molecule has 1 aliphatic rings. The van der Waals surface area contributed by atoms with E-state index in [1.54, 1.807) is 24.3 Å². The van der Waals surface area contributed by atoms with Crippen LogP contribution in [0.3, 0.4) is 0 Å². The fourth-order valence-corrected chi connectivity index (χ4v) is 4.40. The Morgan fingerprint density at radius 2 is 1.70 bits per heavy atom. The third kappa shape index (κ3) is 6.99. The van der Waals surface area contributed by atoms with Gasteiger partial charge in [0.25, 0.3) is 0 Å². The van der Waals surface area contributed by atoms with Crippen LogP contribution in [-0.2, 0) is 9.59 Å². The number of para-hydroxylation sites is 2. The molecule has 9 heteroatoms. The lowest BCUT2D eigenvalue weighted by atomic mass is 10.1. The summed E-state index contributed by atoms with van der Waals surface area (Å²) in [6.45, 7) is 6.63. The minimum Gasteiger partial charge on any atom is -0.457 e. The van der Waals surface area contributed by atoms with E-state index >= 15 is 0 Å². The number of rotatable bonds is 6. The predicted molar refractivity (Wildman–Crippen MR) is 153 cm³/mol. The quantitative estimate of drug-likeness (QED) is 0.323. The summed E-state index contributed by atoms with van der Waals surface area (Å²) in [7, 11) is 0. The molecule has 4 rings (SSSR count). The molecule has 2 N–H and O–H groups in total. The van der Waals surface area contributed by atoms with Crippen molar-refractivity contribution in [2.24, 2.45) is 5.92 Å². The van der Waals surface area contributed by atoms with Gasteiger partial charge < -0.3 is 19.5 Å². The summed E-state index contributed by atoms with van der Waals surface area (Å²) in [6.07, 6.45) is 2.96. The number of furan rings is 1. The maximum absolute atomic E-state index is 12.4. The van der Waals surface area contributed by atoms with E-state index in [4.69, 9.17) is 28.2 Å². The van der Waals surface area contributed by atoms with Crippen LogP contribution in [0.1, 0.15) is 19.6 Å². The highest BCUT2D eigenvalue weighted by Crippen LogP contribution is 2.27. The summed E-state index contributed by atoms with van der Waals surface area (Å²) in [5.41, 5.74) is 2.65. The third-order valence-electron chi connectivity index (χ3n) is 5.97. The van der Waals surface area contributed by atoms with Gasteiger partial charge in [-0.05, 0) is 66.8 Å². The molecule has 1 fully saturated rings. The van der Waals surface area contributed by atoms with E-state index in [1.165, 1.54) is 6.08 Å². The highest BCUT2D eigenvalue weighted by atomic mass is 35.5. The second-order valence-electron chi connectivity index (χ2n) is 8.97. The first-order valence-corrected chi connectivity index (χ1v) is 12.9. The number of amides is 2. The van der Waals surface area contributed by atoms with Gasteiger partial charge in [0, 0.05) is 48.8 Å². The van der Waals surface area contributed by atoms with E-state index in [1.807, 2.05) is 61.2 Å². The molecule has 0 unspecified atom stereocenters. The summed E-state index contributed by atoms with van der Waals surface area (Å²) in [6, 6.07) is 18.7. The van der Waals surface area contributed by atoms with Gasteiger partial charge >= 0.3 is 0 Å². The first kappa shape index (κ1) is 26.4. The number of carbonyl (C=O) groups is 2. The first-order chi connectivity index (χ1) is 17.8. The molecular weight excluding hydrogens is 508 g/mol. The molecule has 7 nitrogen and oxygen atoms in total. The minimum atomic E-state index is -0.375. The Bertz CT molecular complexity index is 1290. The Hall–Kier alpha value is -3.62. The van der Waals surface area contributed by atoms with Crippen LogP contribution in [0.15, 0.2) is 71.2 Å².